The summed E-state index contributed by atoms with van der Waals surface area (Å²) in [6.07, 6.45) is -0.413. The third-order valence-corrected chi connectivity index (χ3v) is 4.16. The fourth-order valence-electron chi connectivity index (χ4n) is 2.92. The maximum absolute atomic E-state index is 13.5. The lowest BCUT2D eigenvalue weighted by Gasteiger charge is -2.15. The van der Waals surface area contributed by atoms with Crippen molar-refractivity contribution in [2.75, 3.05) is 19.6 Å². The number of halogens is 1. The second-order valence-electron chi connectivity index (χ2n) is 6.02. The second kappa shape index (κ2) is 8.07. The lowest BCUT2D eigenvalue weighted by molar-refractivity contribution is 0.155. The molecule has 24 heavy (non-hydrogen) atoms. The summed E-state index contributed by atoms with van der Waals surface area (Å²) in [6, 6.07) is 16.7. The zero-order valence-electron chi connectivity index (χ0n) is 13.5. The monoisotopic (exact) mass is 324 g/mol. The van der Waals surface area contributed by atoms with Gasteiger partial charge in [0, 0.05) is 25.7 Å². The van der Waals surface area contributed by atoms with Gasteiger partial charge in [-0.3, -0.25) is 10.2 Å². The van der Waals surface area contributed by atoms with E-state index in [4.69, 9.17) is 0 Å². The van der Waals surface area contributed by atoms with Gasteiger partial charge < -0.3 is 5.11 Å². The van der Waals surface area contributed by atoms with Crippen LogP contribution in [0, 0.1) is 17.7 Å². The van der Waals surface area contributed by atoms with Crippen molar-refractivity contribution in [3.05, 3.63) is 71.5 Å². The molecule has 2 N–H and O–H groups in total. The molecule has 124 valence electrons. The fraction of sp³-hybridized carbons (Fsp3) is 0.300. The number of nitrogens with one attached hydrogen (secondary N) is 1. The summed E-state index contributed by atoms with van der Waals surface area (Å²) in [4.78, 5) is 2.22. The van der Waals surface area contributed by atoms with Gasteiger partial charge in [0.1, 0.15) is 5.82 Å². The van der Waals surface area contributed by atoms with Crippen LogP contribution in [-0.4, -0.2) is 41.8 Å². The smallest absolute Gasteiger partial charge is 0.138 e. The summed E-state index contributed by atoms with van der Waals surface area (Å²) >= 11 is 0. The van der Waals surface area contributed by atoms with Gasteiger partial charge >= 0.3 is 0 Å². The van der Waals surface area contributed by atoms with Crippen molar-refractivity contribution in [3.8, 4) is 11.8 Å². The first-order valence-corrected chi connectivity index (χ1v) is 8.13. The van der Waals surface area contributed by atoms with E-state index in [1.165, 1.54) is 11.6 Å². The van der Waals surface area contributed by atoms with Gasteiger partial charge in [-0.25, -0.2) is 4.39 Å². The number of hydrogen-bond acceptors (Lipinski definition) is 3. The molecule has 4 heteroatoms. The third kappa shape index (κ3) is 4.42. The number of rotatable bonds is 4. The highest BCUT2D eigenvalue weighted by Crippen LogP contribution is 2.14. The molecule has 0 saturated carbocycles. The van der Waals surface area contributed by atoms with E-state index >= 15 is 0 Å². The molecule has 1 heterocycles. The summed E-state index contributed by atoms with van der Waals surface area (Å²) in [5.41, 5.74) is 1.64. The molecule has 2 aromatic carbocycles. The number of aliphatic hydroxyl groups is 1. The van der Waals surface area contributed by atoms with E-state index in [9.17, 15) is 9.50 Å². The van der Waals surface area contributed by atoms with Crippen LogP contribution in [0.15, 0.2) is 54.6 Å². The molecule has 0 aromatic heterocycles. The highest BCUT2D eigenvalue weighted by molar-refractivity contribution is 5.35. The van der Waals surface area contributed by atoms with Crippen molar-refractivity contribution in [3.63, 3.8) is 0 Å². The number of aliphatic hydroxyl groups excluding tert-OH is 1. The molecule has 2 aromatic rings. The minimum Gasteiger partial charge on any atom is -0.390 e. The molecule has 3 rings (SSSR count). The minimum atomic E-state index is -0.413. The zero-order valence-corrected chi connectivity index (χ0v) is 13.5. The van der Waals surface area contributed by atoms with Crippen LogP contribution < -0.4 is 5.32 Å². The van der Waals surface area contributed by atoms with Gasteiger partial charge in [0.15, 0.2) is 0 Å². The summed E-state index contributed by atoms with van der Waals surface area (Å²) in [5, 5.41) is 13.4. The first-order chi connectivity index (χ1) is 11.7. The molecular weight excluding hydrogens is 303 g/mol. The van der Waals surface area contributed by atoms with Gasteiger partial charge in [0.2, 0.25) is 0 Å². The zero-order chi connectivity index (χ0) is 16.8. The molecule has 1 saturated heterocycles. The van der Waals surface area contributed by atoms with Crippen LogP contribution in [0.5, 0.6) is 0 Å². The average molecular weight is 324 g/mol. The van der Waals surface area contributed by atoms with Crippen LogP contribution in [-0.2, 0) is 6.54 Å². The average Bonchev–Trinajstić information content (AvgIpc) is 2.93. The number of hydrogen-bond donors (Lipinski definition) is 2. The maximum Gasteiger partial charge on any atom is 0.138 e. The van der Waals surface area contributed by atoms with Gasteiger partial charge in [0.05, 0.1) is 18.2 Å². The number of β-amino-alcohol motifs (C(OH)–C–C–N with tert-alkyl or cyclic N) is 1. The Morgan fingerprint density at radius 1 is 1.08 bits per heavy atom. The van der Waals surface area contributed by atoms with Gasteiger partial charge in [0.25, 0.3) is 0 Å². The topological polar surface area (TPSA) is 35.5 Å². The van der Waals surface area contributed by atoms with Crippen molar-refractivity contribution in [1.82, 2.24) is 10.2 Å². The number of benzene rings is 2. The molecule has 0 bridgehead atoms. The van der Waals surface area contributed by atoms with E-state index in [-0.39, 0.29) is 11.9 Å². The van der Waals surface area contributed by atoms with Gasteiger partial charge in [-0.15, -0.1) is 0 Å². The van der Waals surface area contributed by atoms with Gasteiger partial charge in [-0.2, -0.15) is 0 Å². The molecular formula is C20H21FN2O. The Labute approximate surface area is 142 Å². The normalized spacial score (nSPS) is 20.6. The van der Waals surface area contributed by atoms with Gasteiger partial charge in [-0.05, 0) is 17.7 Å². The molecule has 0 aliphatic carbocycles. The quantitative estimate of drug-likeness (QED) is 0.845. The Morgan fingerprint density at radius 3 is 2.62 bits per heavy atom. The van der Waals surface area contributed by atoms with Crippen molar-refractivity contribution < 1.29 is 9.50 Å². The van der Waals surface area contributed by atoms with E-state index < -0.39 is 6.10 Å². The van der Waals surface area contributed by atoms with Crippen LogP contribution in [0.25, 0.3) is 0 Å². The molecule has 0 radical (unpaired) electrons. The van der Waals surface area contributed by atoms with Crippen molar-refractivity contribution in [1.29, 1.82) is 0 Å². The molecule has 3 nitrogen and oxygen atoms in total. The van der Waals surface area contributed by atoms with Crippen molar-refractivity contribution >= 4 is 0 Å². The number of nitrogens with zero attached hydrogens (tertiary/aromatic N) is 1. The predicted octanol–water partition coefficient (Wildman–Crippen LogP) is 2.01. The Hall–Kier alpha value is -2.19. The van der Waals surface area contributed by atoms with Crippen LogP contribution in [0.3, 0.4) is 0 Å². The maximum atomic E-state index is 13.5. The Balaban J connectivity index is 1.49. The Morgan fingerprint density at radius 2 is 1.83 bits per heavy atom. The molecule has 1 aliphatic heterocycles. The fourth-order valence-corrected chi connectivity index (χ4v) is 2.92. The molecule has 0 unspecified atom stereocenters. The van der Waals surface area contributed by atoms with Crippen molar-refractivity contribution in [2.24, 2.45) is 0 Å². The molecule has 2 atom stereocenters. The van der Waals surface area contributed by atoms with E-state index in [1.807, 2.05) is 18.2 Å². The van der Waals surface area contributed by atoms with Gasteiger partial charge in [-0.1, -0.05) is 54.3 Å². The highest BCUT2D eigenvalue weighted by atomic mass is 19.1. The first kappa shape index (κ1) is 16.7. The molecule has 0 amide bonds. The number of likely N-dealkylation sites (tertiary alicyclic amines) is 1. The first-order valence-electron chi connectivity index (χ1n) is 8.13. The lowest BCUT2D eigenvalue weighted by atomic mass is 10.2. The minimum absolute atomic E-state index is 0.0105. The van der Waals surface area contributed by atoms with E-state index in [0.717, 1.165) is 13.1 Å². The predicted molar refractivity (Wildman–Crippen MR) is 92.8 cm³/mol. The van der Waals surface area contributed by atoms with Crippen LogP contribution >= 0.6 is 0 Å². The molecule has 1 aliphatic rings. The van der Waals surface area contributed by atoms with E-state index in [2.05, 4.69) is 34.2 Å². The van der Waals surface area contributed by atoms with Crippen LogP contribution in [0.4, 0.5) is 4.39 Å². The second-order valence-corrected chi connectivity index (χ2v) is 6.02. The standard InChI is InChI=1S/C20H21FN2O/c21-18-11-5-4-9-17(18)10-6-12-22-19-14-23(15-20(19)24)13-16-7-2-1-3-8-16/h1-5,7-9,11,19-20,22,24H,12-15H2/t19-,20-/m0/s1. The highest BCUT2D eigenvalue weighted by Gasteiger charge is 2.30. The summed E-state index contributed by atoms with van der Waals surface area (Å²) in [5.74, 6) is 5.44. The lowest BCUT2D eigenvalue weighted by Crippen LogP contribution is -2.39. The SMILES string of the molecule is O[C@H]1CN(Cc2ccccc2)C[C@@H]1NCC#Cc1ccccc1F. The molecule has 0 spiro atoms. The van der Waals surface area contributed by atoms with Crippen LogP contribution in [0.1, 0.15) is 11.1 Å². The Bertz CT molecular complexity index is 723. The van der Waals surface area contributed by atoms with E-state index in [1.54, 1.807) is 18.2 Å². The van der Waals surface area contributed by atoms with E-state index in [0.29, 0.717) is 18.7 Å². The van der Waals surface area contributed by atoms with Crippen LogP contribution in [0.2, 0.25) is 0 Å². The summed E-state index contributed by atoms with van der Waals surface area (Å²) in [7, 11) is 0. The molecule has 1 fully saturated rings. The third-order valence-electron chi connectivity index (χ3n) is 4.16. The van der Waals surface area contributed by atoms with Crippen molar-refractivity contribution in [2.45, 2.75) is 18.7 Å². The largest absolute Gasteiger partial charge is 0.390 e. The summed E-state index contributed by atoms with van der Waals surface area (Å²) in [6.45, 7) is 2.68. The Kier molecular flexibility index (Phi) is 5.60. The summed E-state index contributed by atoms with van der Waals surface area (Å²) < 4.78 is 13.5.